The minimum absolute atomic E-state index is 0.148. The van der Waals surface area contributed by atoms with E-state index in [1.165, 1.54) is 11.1 Å². The Hall–Kier alpha value is -0.830. The molecule has 0 bridgehead atoms. The van der Waals surface area contributed by atoms with Crippen LogP contribution in [0.5, 0.6) is 0 Å². The Balaban J connectivity index is 2.56. The van der Waals surface area contributed by atoms with Gasteiger partial charge in [-0.2, -0.15) is 0 Å². The molecule has 1 saturated carbocycles. The smallest absolute Gasteiger partial charge is 0.181 e. The van der Waals surface area contributed by atoms with Crippen LogP contribution in [0.3, 0.4) is 0 Å². The standard InChI is InChI=1S/C17H26O2S/c1-4-13-11-12-17(16(6-3)15(13)5-2)20(18,19)14-9-7-8-10-14/h11-12,14H,4-10H2,1-3H3. The van der Waals surface area contributed by atoms with Crippen molar-refractivity contribution in [3.05, 3.63) is 28.8 Å². The zero-order valence-corrected chi connectivity index (χ0v) is 13.7. The van der Waals surface area contributed by atoms with E-state index in [1.54, 1.807) is 0 Å². The minimum atomic E-state index is -3.14. The Bertz CT molecular complexity index is 567. The predicted molar refractivity (Wildman–Crippen MR) is 84.0 cm³/mol. The van der Waals surface area contributed by atoms with Crippen LogP contribution >= 0.6 is 0 Å². The van der Waals surface area contributed by atoms with Gasteiger partial charge in [0.15, 0.2) is 9.84 Å². The average molecular weight is 294 g/mol. The predicted octanol–water partition coefficient (Wildman–Crippen LogP) is 4.09. The van der Waals surface area contributed by atoms with Gasteiger partial charge in [-0.3, -0.25) is 0 Å². The lowest BCUT2D eigenvalue weighted by molar-refractivity contribution is 0.578. The van der Waals surface area contributed by atoms with Gasteiger partial charge in [0, 0.05) is 0 Å². The van der Waals surface area contributed by atoms with E-state index in [0.717, 1.165) is 50.5 Å². The molecule has 0 amide bonds. The number of rotatable bonds is 5. The Labute approximate surface area is 123 Å². The van der Waals surface area contributed by atoms with Crippen LogP contribution in [0.15, 0.2) is 17.0 Å². The van der Waals surface area contributed by atoms with Crippen molar-refractivity contribution in [1.82, 2.24) is 0 Å². The zero-order chi connectivity index (χ0) is 14.8. The molecule has 0 spiro atoms. The van der Waals surface area contributed by atoms with E-state index in [2.05, 4.69) is 20.8 Å². The maximum Gasteiger partial charge on any atom is 0.181 e. The van der Waals surface area contributed by atoms with Gasteiger partial charge in [0.2, 0.25) is 0 Å². The highest BCUT2D eigenvalue weighted by molar-refractivity contribution is 7.92. The van der Waals surface area contributed by atoms with E-state index in [4.69, 9.17) is 0 Å². The molecule has 0 aromatic heterocycles. The van der Waals surface area contributed by atoms with E-state index in [9.17, 15) is 8.42 Å². The molecule has 2 nitrogen and oxygen atoms in total. The van der Waals surface area contributed by atoms with Crippen molar-refractivity contribution in [2.75, 3.05) is 0 Å². The minimum Gasteiger partial charge on any atom is -0.223 e. The third kappa shape index (κ3) is 2.65. The monoisotopic (exact) mass is 294 g/mol. The van der Waals surface area contributed by atoms with Gasteiger partial charge >= 0.3 is 0 Å². The molecule has 0 radical (unpaired) electrons. The van der Waals surface area contributed by atoms with Gasteiger partial charge in [0.25, 0.3) is 0 Å². The number of benzene rings is 1. The molecule has 2 rings (SSSR count). The van der Waals surface area contributed by atoms with E-state index < -0.39 is 9.84 Å². The van der Waals surface area contributed by atoms with Crippen molar-refractivity contribution in [1.29, 1.82) is 0 Å². The molecule has 20 heavy (non-hydrogen) atoms. The van der Waals surface area contributed by atoms with Crippen molar-refractivity contribution in [3.63, 3.8) is 0 Å². The lowest BCUT2D eigenvalue weighted by Crippen LogP contribution is -2.20. The first-order chi connectivity index (χ1) is 9.56. The van der Waals surface area contributed by atoms with Crippen LogP contribution in [0, 0.1) is 0 Å². The first-order valence-corrected chi connectivity index (χ1v) is 9.48. The van der Waals surface area contributed by atoms with Gasteiger partial charge in [0.05, 0.1) is 10.1 Å². The Kier molecular flexibility index (Phi) is 4.90. The fourth-order valence-corrected chi connectivity index (χ4v) is 5.71. The van der Waals surface area contributed by atoms with Crippen molar-refractivity contribution in [2.24, 2.45) is 0 Å². The lowest BCUT2D eigenvalue weighted by Gasteiger charge is -2.19. The maximum atomic E-state index is 12.9. The van der Waals surface area contributed by atoms with Crippen LogP contribution in [0.2, 0.25) is 0 Å². The second-order valence-corrected chi connectivity index (χ2v) is 7.89. The molecule has 1 aromatic carbocycles. The highest BCUT2D eigenvalue weighted by Crippen LogP contribution is 2.33. The molecule has 0 unspecified atom stereocenters. The quantitative estimate of drug-likeness (QED) is 0.819. The normalized spacial score (nSPS) is 16.8. The highest BCUT2D eigenvalue weighted by Gasteiger charge is 2.32. The van der Waals surface area contributed by atoms with Crippen molar-refractivity contribution in [3.8, 4) is 0 Å². The first-order valence-electron chi connectivity index (χ1n) is 7.93. The molecule has 0 heterocycles. The molecule has 1 aromatic rings. The fraction of sp³-hybridized carbons (Fsp3) is 0.647. The Morgan fingerprint density at radius 3 is 2.05 bits per heavy atom. The summed E-state index contributed by atoms with van der Waals surface area (Å²) in [6, 6.07) is 3.89. The third-order valence-electron chi connectivity index (χ3n) is 4.62. The number of aryl methyl sites for hydroxylation is 1. The van der Waals surface area contributed by atoms with Crippen LogP contribution < -0.4 is 0 Å². The molecule has 1 aliphatic rings. The number of sulfone groups is 1. The van der Waals surface area contributed by atoms with Gasteiger partial charge in [-0.15, -0.1) is 0 Å². The largest absolute Gasteiger partial charge is 0.223 e. The summed E-state index contributed by atoms with van der Waals surface area (Å²) in [6.45, 7) is 6.33. The van der Waals surface area contributed by atoms with Crippen LogP contribution in [-0.2, 0) is 29.1 Å². The van der Waals surface area contributed by atoms with E-state index in [0.29, 0.717) is 4.90 Å². The summed E-state index contributed by atoms with van der Waals surface area (Å²) in [5.41, 5.74) is 3.63. The first kappa shape index (κ1) is 15.6. The molecular formula is C17H26O2S. The summed E-state index contributed by atoms with van der Waals surface area (Å²) in [5, 5.41) is -0.148. The van der Waals surface area contributed by atoms with E-state index >= 15 is 0 Å². The van der Waals surface area contributed by atoms with Crippen molar-refractivity contribution < 1.29 is 8.42 Å². The second-order valence-electron chi connectivity index (χ2n) is 5.69. The average Bonchev–Trinajstić information content (AvgIpc) is 3.00. The van der Waals surface area contributed by atoms with Gasteiger partial charge < -0.3 is 0 Å². The summed E-state index contributed by atoms with van der Waals surface area (Å²) < 4.78 is 25.8. The van der Waals surface area contributed by atoms with Crippen LogP contribution in [0.1, 0.15) is 63.1 Å². The number of hydrogen-bond donors (Lipinski definition) is 0. The van der Waals surface area contributed by atoms with E-state index in [-0.39, 0.29) is 5.25 Å². The van der Waals surface area contributed by atoms with E-state index in [1.807, 2.05) is 12.1 Å². The summed E-state index contributed by atoms with van der Waals surface area (Å²) in [4.78, 5) is 0.612. The van der Waals surface area contributed by atoms with Crippen LogP contribution in [-0.4, -0.2) is 13.7 Å². The van der Waals surface area contributed by atoms with Crippen molar-refractivity contribution >= 4 is 9.84 Å². The molecule has 1 aliphatic carbocycles. The molecule has 1 fully saturated rings. The molecule has 112 valence electrons. The Morgan fingerprint density at radius 2 is 1.55 bits per heavy atom. The molecule has 0 aliphatic heterocycles. The second kappa shape index (κ2) is 6.30. The zero-order valence-electron chi connectivity index (χ0n) is 12.9. The number of hydrogen-bond acceptors (Lipinski definition) is 2. The molecule has 0 N–H and O–H groups in total. The van der Waals surface area contributed by atoms with Crippen LogP contribution in [0.4, 0.5) is 0 Å². The topological polar surface area (TPSA) is 34.1 Å². The summed E-state index contributed by atoms with van der Waals surface area (Å²) in [5.74, 6) is 0. The summed E-state index contributed by atoms with van der Waals surface area (Å²) in [6.07, 6.45) is 6.47. The Morgan fingerprint density at radius 1 is 0.950 bits per heavy atom. The molecular weight excluding hydrogens is 268 g/mol. The van der Waals surface area contributed by atoms with Gasteiger partial charge in [-0.25, -0.2) is 8.42 Å². The summed E-state index contributed by atoms with van der Waals surface area (Å²) in [7, 11) is -3.14. The molecule has 0 atom stereocenters. The van der Waals surface area contributed by atoms with Crippen LogP contribution in [0.25, 0.3) is 0 Å². The molecule has 0 saturated heterocycles. The lowest BCUT2D eigenvalue weighted by atomic mass is 9.96. The molecule has 3 heteroatoms. The SMILES string of the molecule is CCc1ccc(S(=O)(=O)C2CCCC2)c(CC)c1CC. The van der Waals surface area contributed by atoms with Gasteiger partial charge in [-0.05, 0) is 54.9 Å². The fourth-order valence-electron chi connectivity index (χ4n) is 3.52. The van der Waals surface area contributed by atoms with Crippen molar-refractivity contribution in [2.45, 2.75) is 75.9 Å². The van der Waals surface area contributed by atoms with Gasteiger partial charge in [0.1, 0.15) is 0 Å². The van der Waals surface area contributed by atoms with Gasteiger partial charge in [-0.1, -0.05) is 39.7 Å². The maximum absolute atomic E-state index is 12.9. The third-order valence-corrected chi connectivity index (χ3v) is 6.97. The summed E-state index contributed by atoms with van der Waals surface area (Å²) >= 11 is 0. The highest BCUT2D eigenvalue weighted by atomic mass is 32.2.